The highest BCUT2D eigenvalue weighted by Gasteiger charge is 2.26. The first-order chi connectivity index (χ1) is 13.1. The van der Waals surface area contributed by atoms with Crippen LogP contribution in [0.25, 0.3) is 0 Å². The third-order valence-electron chi connectivity index (χ3n) is 4.94. The molecule has 1 atom stereocenters. The number of fused-ring (bicyclic) bond motifs is 1. The largest absolute Gasteiger partial charge is 0.491 e. The van der Waals surface area contributed by atoms with Crippen LogP contribution in [0.5, 0.6) is 5.75 Å². The van der Waals surface area contributed by atoms with Gasteiger partial charge in [0, 0.05) is 30.9 Å². The molecule has 3 rings (SSSR count). The first-order valence-electron chi connectivity index (χ1n) is 9.27. The first kappa shape index (κ1) is 19.6. The molecule has 1 saturated heterocycles. The first-order valence-corrected chi connectivity index (χ1v) is 9.27. The lowest BCUT2D eigenvalue weighted by atomic mass is 10.1. The van der Waals surface area contributed by atoms with E-state index in [0.717, 1.165) is 18.4 Å². The van der Waals surface area contributed by atoms with Crippen LogP contribution >= 0.6 is 0 Å². The topological polar surface area (TPSA) is 97.3 Å². The van der Waals surface area contributed by atoms with E-state index in [1.54, 1.807) is 28.6 Å². The van der Waals surface area contributed by atoms with Gasteiger partial charge >= 0.3 is 0 Å². The van der Waals surface area contributed by atoms with Crippen LogP contribution in [0.3, 0.4) is 0 Å². The standard InChI is InChI=1S/C19H26N2O6/c1-13-12-27-17-10-14(19(23)20-24)2-3-15(17)11-21(13)18(22)6-9-26-16-4-7-25-8-5-16/h2-3,10,13,16,24H,4-9,11-12H2,1H3,(H,20,23). The van der Waals surface area contributed by atoms with Crippen LogP contribution in [0, 0.1) is 0 Å². The second kappa shape index (κ2) is 9.16. The fourth-order valence-corrected chi connectivity index (χ4v) is 3.30. The predicted octanol–water partition coefficient (Wildman–Crippen LogP) is 1.50. The summed E-state index contributed by atoms with van der Waals surface area (Å²) in [6.45, 7) is 4.51. The zero-order valence-corrected chi connectivity index (χ0v) is 15.5. The molecule has 27 heavy (non-hydrogen) atoms. The van der Waals surface area contributed by atoms with E-state index in [0.29, 0.717) is 50.7 Å². The predicted molar refractivity (Wildman–Crippen MR) is 95.6 cm³/mol. The number of carbonyl (C=O) groups is 2. The van der Waals surface area contributed by atoms with Gasteiger partial charge in [-0.3, -0.25) is 14.8 Å². The van der Waals surface area contributed by atoms with Crippen molar-refractivity contribution in [2.45, 2.75) is 44.9 Å². The number of carbonyl (C=O) groups excluding carboxylic acids is 2. The van der Waals surface area contributed by atoms with Gasteiger partial charge in [0.25, 0.3) is 5.91 Å². The van der Waals surface area contributed by atoms with E-state index in [4.69, 9.17) is 19.4 Å². The minimum Gasteiger partial charge on any atom is -0.491 e. The van der Waals surface area contributed by atoms with E-state index in [1.807, 2.05) is 6.92 Å². The summed E-state index contributed by atoms with van der Waals surface area (Å²) in [5.74, 6) is -0.0308. The van der Waals surface area contributed by atoms with Crippen molar-refractivity contribution in [1.82, 2.24) is 10.4 Å². The van der Waals surface area contributed by atoms with Gasteiger partial charge in [-0.05, 0) is 31.9 Å². The highest BCUT2D eigenvalue weighted by atomic mass is 16.5. The Bertz CT molecular complexity index is 674. The van der Waals surface area contributed by atoms with E-state index in [9.17, 15) is 9.59 Å². The van der Waals surface area contributed by atoms with Crippen molar-refractivity contribution in [3.63, 3.8) is 0 Å². The summed E-state index contributed by atoms with van der Waals surface area (Å²) >= 11 is 0. The maximum absolute atomic E-state index is 12.7. The van der Waals surface area contributed by atoms with Crippen molar-refractivity contribution in [2.75, 3.05) is 26.4 Å². The number of rotatable bonds is 5. The van der Waals surface area contributed by atoms with Crippen molar-refractivity contribution >= 4 is 11.8 Å². The van der Waals surface area contributed by atoms with Crippen LogP contribution in [0.2, 0.25) is 0 Å². The molecule has 0 aromatic heterocycles. The van der Waals surface area contributed by atoms with Crippen LogP contribution in [0.1, 0.15) is 42.1 Å². The number of hydrogen-bond donors (Lipinski definition) is 2. The number of nitrogens with zero attached hydrogens (tertiary/aromatic N) is 1. The van der Waals surface area contributed by atoms with E-state index in [2.05, 4.69) is 0 Å². The van der Waals surface area contributed by atoms with Gasteiger partial charge in [-0.25, -0.2) is 5.48 Å². The molecule has 8 heteroatoms. The van der Waals surface area contributed by atoms with Crippen LogP contribution < -0.4 is 10.2 Å². The van der Waals surface area contributed by atoms with E-state index >= 15 is 0 Å². The quantitative estimate of drug-likeness (QED) is 0.595. The minimum atomic E-state index is -0.600. The summed E-state index contributed by atoms with van der Waals surface area (Å²) in [6, 6.07) is 4.83. The summed E-state index contributed by atoms with van der Waals surface area (Å²) in [5.41, 5.74) is 2.73. The number of hydrogen-bond acceptors (Lipinski definition) is 6. The zero-order chi connectivity index (χ0) is 19.2. The molecule has 2 aliphatic heterocycles. The summed E-state index contributed by atoms with van der Waals surface area (Å²) in [6.07, 6.45) is 2.24. The Labute approximate surface area is 158 Å². The van der Waals surface area contributed by atoms with Crippen molar-refractivity contribution < 1.29 is 29.0 Å². The van der Waals surface area contributed by atoms with Gasteiger partial charge in [-0.15, -0.1) is 0 Å². The lowest BCUT2D eigenvalue weighted by Crippen LogP contribution is -2.40. The maximum Gasteiger partial charge on any atom is 0.274 e. The number of benzene rings is 1. The highest BCUT2D eigenvalue weighted by Crippen LogP contribution is 2.27. The van der Waals surface area contributed by atoms with Gasteiger partial charge in [-0.2, -0.15) is 0 Å². The average Bonchev–Trinajstić information content (AvgIpc) is 2.86. The van der Waals surface area contributed by atoms with Crippen LogP contribution in [-0.2, 0) is 20.8 Å². The molecule has 2 N–H and O–H groups in total. The smallest absolute Gasteiger partial charge is 0.274 e. The van der Waals surface area contributed by atoms with Gasteiger partial charge in [0.1, 0.15) is 12.4 Å². The van der Waals surface area contributed by atoms with E-state index in [1.165, 1.54) is 0 Å². The Morgan fingerprint density at radius 1 is 1.33 bits per heavy atom. The van der Waals surface area contributed by atoms with Crippen molar-refractivity contribution in [1.29, 1.82) is 0 Å². The van der Waals surface area contributed by atoms with E-state index in [-0.39, 0.29) is 18.1 Å². The Kier molecular flexibility index (Phi) is 6.65. The lowest BCUT2D eigenvalue weighted by molar-refractivity contribution is -0.136. The van der Waals surface area contributed by atoms with Gasteiger partial charge < -0.3 is 19.1 Å². The highest BCUT2D eigenvalue weighted by molar-refractivity contribution is 5.93. The number of nitrogens with one attached hydrogen (secondary N) is 1. The van der Waals surface area contributed by atoms with Gasteiger partial charge in [0.2, 0.25) is 5.91 Å². The fraction of sp³-hybridized carbons (Fsp3) is 0.579. The molecular weight excluding hydrogens is 352 g/mol. The third kappa shape index (κ3) is 4.97. The molecule has 2 aliphatic rings. The molecule has 2 amide bonds. The van der Waals surface area contributed by atoms with Gasteiger partial charge in [0.05, 0.1) is 25.2 Å². The van der Waals surface area contributed by atoms with E-state index < -0.39 is 5.91 Å². The Morgan fingerprint density at radius 2 is 2.11 bits per heavy atom. The summed E-state index contributed by atoms with van der Waals surface area (Å²) in [4.78, 5) is 26.1. The molecule has 0 bridgehead atoms. The molecule has 0 aliphatic carbocycles. The molecular formula is C19H26N2O6. The van der Waals surface area contributed by atoms with Crippen molar-refractivity contribution in [2.24, 2.45) is 0 Å². The monoisotopic (exact) mass is 378 g/mol. The van der Waals surface area contributed by atoms with Crippen LogP contribution in [0.15, 0.2) is 18.2 Å². The fourth-order valence-electron chi connectivity index (χ4n) is 3.30. The van der Waals surface area contributed by atoms with Crippen LogP contribution in [-0.4, -0.2) is 60.5 Å². The van der Waals surface area contributed by atoms with Gasteiger partial charge in [-0.1, -0.05) is 6.07 Å². The second-order valence-electron chi connectivity index (χ2n) is 6.88. The molecule has 0 saturated carbocycles. The van der Waals surface area contributed by atoms with Gasteiger partial charge in [0.15, 0.2) is 0 Å². The normalized spacial score (nSPS) is 20.4. The lowest BCUT2D eigenvalue weighted by Gasteiger charge is -2.27. The third-order valence-corrected chi connectivity index (χ3v) is 4.94. The molecule has 1 aromatic carbocycles. The molecule has 1 fully saturated rings. The molecule has 1 aromatic rings. The van der Waals surface area contributed by atoms with Crippen LogP contribution in [0.4, 0.5) is 0 Å². The number of amides is 2. The molecule has 148 valence electrons. The minimum absolute atomic E-state index is 0.0168. The van der Waals surface area contributed by atoms with Crippen molar-refractivity contribution in [3.8, 4) is 5.75 Å². The SMILES string of the molecule is CC1COc2cc(C(=O)NO)ccc2CN1C(=O)CCOC1CCOCC1. The Hall–Kier alpha value is -2.16. The van der Waals surface area contributed by atoms with Crippen molar-refractivity contribution in [3.05, 3.63) is 29.3 Å². The zero-order valence-electron chi connectivity index (χ0n) is 15.5. The Morgan fingerprint density at radius 3 is 2.85 bits per heavy atom. The second-order valence-corrected chi connectivity index (χ2v) is 6.88. The molecule has 1 unspecified atom stereocenters. The summed E-state index contributed by atoms with van der Waals surface area (Å²) in [5, 5.41) is 8.77. The average molecular weight is 378 g/mol. The number of ether oxygens (including phenoxy) is 3. The Balaban J connectivity index is 1.60. The maximum atomic E-state index is 12.7. The molecule has 8 nitrogen and oxygen atoms in total. The number of hydroxylamine groups is 1. The molecule has 2 heterocycles. The summed E-state index contributed by atoms with van der Waals surface area (Å²) < 4.78 is 16.9. The molecule has 0 radical (unpaired) electrons. The summed E-state index contributed by atoms with van der Waals surface area (Å²) in [7, 11) is 0. The molecule has 0 spiro atoms.